The van der Waals surface area contributed by atoms with Gasteiger partial charge in [0.15, 0.2) is 0 Å². The van der Waals surface area contributed by atoms with E-state index in [1.54, 1.807) is 19.2 Å². The lowest BCUT2D eigenvalue weighted by atomic mass is 9.91. The SMILES string of the molecule is COc1cccc(C(=O)N[C@@H]2CCCC[C@H]2N)c1. The number of methoxy groups -OCH3 is 1. The standard InChI is InChI=1S/C14H20N2O2/c1-18-11-6-4-5-10(9-11)14(17)16-13-8-3-2-7-12(13)15/h4-6,9,12-13H,2-3,7-8,15H2,1H3,(H,16,17)/t12-,13-/m1/s1. The number of ether oxygens (including phenoxy) is 1. The van der Waals surface area contributed by atoms with Gasteiger partial charge in [0.1, 0.15) is 5.75 Å². The van der Waals surface area contributed by atoms with Crippen molar-refractivity contribution in [3.8, 4) is 5.75 Å². The van der Waals surface area contributed by atoms with Gasteiger partial charge in [0.05, 0.1) is 7.11 Å². The normalized spacial score (nSPS) is 23.4. The number of carbonyl (C=O) groups excluding carboxylic acids is 1. The molecule has 1 aromatic carbocycles. The Labute approximate surface area is 108 Å². The van der Waals surface area contributed by atoms with Gasteiger partial charge in [0, 0.05) is 17.6 Å². The molecule has 98 valence electrons. The first kappa shape index (κ1) is 12.9. The summed E-state index contributed by atoms with van der Waals surface area (Å²) in [5.41, 5.74) is 6.64. The highest BCUT2D eigenvalue weighted by molar-refractivity contribution is 5.94. The molecule has 1 aliphatic carbocycles. The van der Waals surface area contributed by atoms with Crippen LogP contribution >= 0.6 is 0 Å². The van der Waals surface area contributed by atoms with Crippen molar-refractivity contribution in [3.63, 3.8) is 0 Å². The van der Waals surface area contributed by atoms with E-state index in [9.17, 15) is 4.79 Å². The number of nitrogens with one attached hydrogen (secondary N) is 1. The van der Waals surface area contributed by atoms with Crippen LogP contribution in [0.4, 0.5) is 0 Å². The highest BCUT2D eigenvalue weighted by Gasteiger charge is 2.23. The van der Waals surface area contributed by atoms with Crippen molar-refractivity contribution in [1.82, 2.24) is 5.32 Å². The van der Waals surface area contributed by atoms with Gasteiger partial charge in [0.25, 0.3) is 5.91 Å². The number of carbonyl (C=O) groups is 1. The predicted molar refractivity (Wildman–Crippen MR) is 70.7 cm³/mol. The second-order valence-corrected chi connectivity index (χ2v) is 4.76. The Bertz CT molecular complexity index is 420. The fourth-order valence-corrected chi connectivity index (χ4v) is 2.35. The lowest BCUT2D eigenvalue weighted by Crippen LogP contribution is -2.49. The lowest BCUT2D eigenvalue weighted by Gasteiger charge is -2.29. The number of benzene rings is 1. The molecule has 2 rings (SSSR count). The first-order valence-corrected chi connectivity index (χ1v) is 6.41. The molecule has 1 aromatic rings. The third-order valence-corrected chi connectivity index (χ3v) is 3.47. The van der Waals surface area contributed by atoms with Crippen LogP contribution in [0.5, 0.6) is 5.75 Å². The molecule has 0 unspecified atom stereocenters. The Hall–Kier alpha value is -1.55. The zero-order valence-corrected chi connectivity index (χ0v) is 10.7. The largest absolute Gasteiger partial charge is 0.497 e. The van der Waals surface area contributed by atoms with Gasteiger partial charge in [-0.05, 0) is 31.0 Å². The van der Waals surface area contributed by atoms with E-state index in [-0.39, 0.29) is 18.0 Å². The maximum atomic E-state index is 12.1. The summed E-state index contributed by atoms with van der Waals surface area (Å²) >= 11 is 0. The van der Waals surface area contributed by atoms with Gasteiger partial charge < -0.3 is 15.8 Å². The molecule has 18 heavy (non-hydrogen) atoms. The molecular formula is C14H20N2O2. The number of rotatable bonds is 3. The molecule has 0 radical (unpaired) electrons. The minimum atomic E-state index is -0.0729. The summed E-state index contributed by atoms with van der Waals surface area (Å²) < 4.78 is 5.11. The van der Waals surface area contributed by atoms with Crippen LogP contribution in [0.15, 0.2) is 24.3 Å². The van der Waals surface area contributed by atoms with Gasteiger partial charge in [0.2, 0.25) is 0 Å². The van der Waals surface area contributed by atoms with E-state index in [1.165, 1.54) is 0 Å². The molecule has 0 bridgehead atoms. The van der Waals surface area contributed by atoms with Crippen LogP contribution < -0.4 is 15.8 Å². The van der Waals surface area contributed by atoms with Crippen molar-refractivity contribution >= 4 is 5.91 Å². The minimum Gasteiger partial charge on any atom is -0.497 e. The van der Waals surface area contributed by atoms with E-state index in [4.69, 9.17) is 10.5 Å². The van der Waals surface area contributed by atoms with Gasteiger partial charge >= 0.3 is 0 Å². The van der Waals surface area contributed by atoms with Crippen LogP contribution in [0, 0.1) is 0 Å². The van der Waals surface area contributed by atoms with Crippen LogP contribution in [0.25, 0.3) is 0 Å². The molecule has 4 heteroatoms. The monoisotopic (exact) mass is 248 g/mol. The van der Waals surface area contributed by atoms with E-state index < -0.39 is 0 Å². The second-order valence-electron chi connectivity index (χ2n) is 4.76. The first-order valence-electron chi connectivity index (χ1n) is 6.41. The summed E-state index contributed by atoms with van der Waals surface area (Å²) in [6.45, 7) is 0. The molecule has 1 aliphatic rings. The molecule has 0 aromatic heterocycles. The fraction of sp³-hybridized carbons (Fsp3) is 0.500. The quantitative estimate of drug-likeness (QED) is 0.855. The van der Waals surface area contributed by atoms with E-state index in [0.717, 1.165) is 25.7 Å². The second kappa shape index (κ2) is 5.87. The smallest absolute Gasteiger partial charge is 0.251 e. The lowest BCUT2D eigenvalue weighted by molar-refractivity contribution is 0.0921. The number of hydrogen-bond acceptors (Lipinski definition) is 3. The fourth-order valence-electron chi connectivity index (χ4n) is 2.35. The number of amides is 1. The van der Waals surface area contributed by atoms with Gasteiger partial charge in [-0.25, -0.2) is 0 Å². The summed E-state index contributed by atoms with van der Waals surface area (Å²) in [5.74, 6) is 0.617. The molecule has 4 nitrogen and oxygen atoms in total. The average Bonchev–Trinajstić information content (AvgIpc) is 2.41. The van der Waals surface area contributed by atoms with Crippen molar-refractivity contribution in [3.05, 3.63) is 29.8 Å². The Morgan fingerprint density at radius 1 is 1.39 bits per heavy atom. The average molecular weight is 248 g/mol. The molecule has 2 atom stereocenters. The first-order chi connectivity index (χ1) is 8.70. The molecule has 0 saturated heterocycles. The summed E-state index contributed by atoms with van der Waals surface area (Å²) in [5, 5.41) is 3.02. The van der Waals surface area contributed by atoms with Crippen LogP contribution in [0.3, 0.4) is 0 Å². The summed E-state index contributed by atoms with van der Waals surface area (Å²) in [6, 6.07) is 7.33. The Kier molecular flexibility index (Phi) is 4.20. The molecule has 0 spiro atoms. The van der Waals surface area contributed by atoms with Gasteiger partial charge in [-0.1, -0.05) is 18.9 Å². The molecule has 3 N–H and O–H groups in total. The van der Waals surface area contributed by atoms with Crippen LogP contribution in [-0.4, -0.2) is 25.1 Å². The summed E-state index contributed by atoms with van der Waals surface area (Å²) in [6.07, 6.45) is 4.25. The molecule has 0 heterocycles. The molecule has 0 aliphatic heterocycles. The van der Waals surface area contributed by atoms with Crippen molar-refractivity contribution in [2.75, 3.05) is 7.11 Å². The molecule has 1 fully saturated rings. The Morgan fingerprint density at radius 2 is 2.17 bits per heavy atom. The molecular weight excluding hydrogens is 228 g/mol. The van der Waals surface area contributed by atoms with Crippen LogP contribution in [-0.2, 0) is 0 Å². The van der Waals surface area contributed by atoms with E-state index in [1.807, 2.05) is 12.1 Å². The minimum absolute atomic E-state index is 0.0729. The molecule has 1 saturated carbocycles. The zero-order valence-electron chi connectivity index (χ0n) is 10.7. The maximum absolute atomic E-state index is 12.1. The maximum Gasteiger partial charge on any atom is 0.251 e. The molecule has 1 amide bonds. The van der Waals surface area contributed by atoms with Crippen LogP contribution in [0.2, 0.25) is 0 Å². The summed E-state index contributed by atoms with van der Waals surface area (Å²) in [7, 11) is 1.59. The van der Waals surface area contributed by atoms with Crippen molar-refractivity contribution < 1.29 is 9.53 Å². The van der Waals surface area contributed by atoms with Crippen molar-refractivity contribution in [1.29, 1.82) is 0 Å². The van der Waals surface area contributed by atoms with Gasteiger partial charge in [-0.2, -0.15) is 0 Å². The van der Waals surface area contributed by atoms with Crippen molar-refractivity contribution in [2.24, 2.45) is 5.73 Å². The third-order valence-electron chi connectivity index (χ3n) is 3.47. The Morgan fingerprint density at radius 3 is 2.89 bits per heavy atom. The number of nitrogens with two attached hydrogens (primary N) is 1. The van der Waals surface area contributed by atoms with Gasteiger partial charge in [-0.3, -0.25) is 4.79 Å². The highest BCUT2D eigenvalue weighted by atomic mass is 16.5. The summed E-state index contributed by atoms with van der Waals surface area (Å²) in [4.78, 5) is 12.1. The van der Waals surface area contributed by atoms with Gasteiger partial charge in [-0.15, -0.1) is 0 Å². The van der Waals surface area contributed by atoms with E-state index >= 15 is 0 Å². The topological polar surface area (TPSA) is 64.3 Å². The van der Waals surface area contributed by atoms with Crippen molar-refractivity contribution in [2.45, 2.75) is 37.8 Å². The van der Waals surface area contributed by atoms with E-state index in [2.05, 4.69) is 5.32 Å². The third kappa shape index (κ3) is 3.01. The predicted octanol–water partition coefficient (Wildman–Crippen LogP) is 1.69. The highest BCUT2D eigenvalue weighted by Crippen LogP contribution is 2.18. The number of hydrogen-bond donors (Lipinski definition) is 2. The van der Waals surface area contributed by atoms with Crippen LogP contribution in [0.1, 0.15) is 36.0 Å². The Balaban J connectivity index is 2.02. The van der Waals surface area contributed by atoms with E-state index in [0.29, 0.717) is 11.3 Å². The zero-order chi connectivity index (χ0) is 13.0.